The maximum Gasteiger partial charge on any atom is 0.246 e. The Balaban J connectivity index is 1.65. The van der Waals surface area contributed by atoms with Crippen LogP contribution in [-0.2, 0) is 16.7 Å². The number of rotatable bonds is 3. The summed E-state index contributed by atoms with van der Waals surface area (Å²) in [5.41, 5.74) is -0.142. The molecule has 5 nitrogen and oxygen atoms in total. The van der Waals surface area contributed by atoms with Gasteiger partial charge in [0.05, 0.1) is 11.6 Å². The molecule has 0 saturated carbocycles. The van der Waals surface area contributed by atoms with E-state index in [4.69, 9.17) is 9.26 Å². The summed E-state index contributed by atoms with van der Waals surface area (Å²) < 4.78 is 11.2. The van der Waals surface area contributed by atoms with E-state index in [1.165, 1.54) is 25.7 Å². The molecular weight excluding hydrogens is 242 g/mol. The highest BCUT2D eigenvalue weighted by molar-refractivity contribution is 5.03. The Morgan fingerprint density at radius 1 is 1.32 bits per heavy atom. The predicted molar refractivity (Wildman–Crippen MR) is 70.8 cm³/mol. The van der Waals surface area contributed by atoms with Crippen LogP contribution < -0.4 is 5.32 Å². The van der Waals surface area contributed by atoms with Crippen molar-refractivity contribution in [2.24, 2.45) is 0 Å². The summed E-state index contributed by atoms with van der Waals surface area (Å²) >= 11 is 0. The monoisotopic (exact) mass is 265 g/mol. The van der Waals surface area contributed by atoms with Crippen LogP contribution in [0.3, 0.4) is 0 Å². The van der Waals surface area contributed by atoms with E-state index in [0.717, 1.165) is 44.1 Å². The van der Waals surface area contributed by atoms with Crippen LogP contribution in [0.1, 0.15) is 57.2 Å². The predicted octanol–water partition coefficient (Wildman–Crippen LogP) is 2.17. The molecule has 1 N–H and O–H groups in total. The van der Waals surface area contributed by atoms with Crippen molar-refractivity contribution in [2.45, 2.75) is 63.5 Å². The highest BCUT2D eigenvalue weighted by atomic mass is 16.5. The SMILES string of the molecule is CC1(c2nc(CC3CCCCO3)no2)CCCCN1. The Bertz CT molecular complexity index is 407. The van der Waals surface area contributed by atoms with E-state index in [2.05, 4.69) is 22.4 Å². The lowest BCUT2D eigenvalue weighted by molar-refractivity contribution is 0.0153. The van der Waals surface area contributed by atoms with Crippen molar-refractivity contribution in [2.75, 3.05) is 13.2 Å². The first-order valence-electron chi connectivity index (χ1n) is 7.46. The Morgan fingerprint density at radius 3 is 3.00 bits per heavy atom. The highest BCUT2D eigenvalue weighted by Gasteiger charge is 2.34. The first-order chi connectivity index (χ1) is 9.26. The standard InChI is InChI=1S/C14H23N3O2/c1-14(7-3-4-8-15-14)13-16-12(17-19-13)10-11-6-2-5-9-18-11/h11,15H,2-10H2,1H3. The zero-order valence-corrected chi connectivity index (χ0v) is 11.7. The van der Waals surface area contributed by atoms with Gasteiger partial charge in [-0.1, -0.05) is 5.16 Å². The molecule has 2 fully saturated rings. The number of nitrogens with one attached hydrogen (secondary N) is 1. The average molecular weight is 265 g/mol. The maximum absolute atomic E-state index is 5.72. The van der Waals surface area contributed by atoms with Gasteiger partial charge >= 0.3 is 0 Å². The van der Waals surface area contributed by atoms with Gasteiger partial charge in [0.2, 0.25) is 5.89 Å². The van der Waals surface area contributed by atoms with E-state index < -0.39 is 0 Å². The second-order valence-electron chi connectivity index (χ2n) is 5.92. The number of ether oxygens (including phenoxy) is 1. The number of aromatic nitrogens is 2. The van der Waals surface area contributed by atoms with Crippen LogP contribution in [0.2, 0.25) is 0 Å². The third-order valence-corrected chi connectivity index (χ3v) is 4.24. The topological polar surface area (TPSA) is 60.2 Å². The molecule has 19 heavy (non-hydrogen) atoms. The molecule has 2 aliphatic heterocycles. The molecule has 3 heterocycles. The van der Waals surface area contributed by atoms with Crippen molar-refractivity contribution in [3.8, 4) is 0 Å². The van der Waals surface area contributed by atoms with Gasteiger partial charge in [0.1, 0.15) is 0 Å². The number of hydrogen-bond acceptors (Lipinski definition) is 5. The minimum Gasteiger partial charge on any atom is -0.378 e. The highest BCUT2D eigenvalue weighted by Crippen LogP contribution is 2.28. The first-order valence-corrected chi connectivity index (χ1v) is 7.46. The lowest BCUT2D eigenvalue weighted by Crippen LogP contribution is -2.43. The third-order valence-electron chi connectivity index (χ3n) is 4.24. The summed E-state index contributed by atoms with van der Waals surface area (Å²) in [6.07, 6.45) is 8.09. The van der Waals surface area contributed by atoms with Crippen molar-refractivity contribution in [1.82, 2.24) is 15.5 Å². The summed E-state index contributed by atoms with van der Waals surface area (Å²) in [6, 6.07) is 0. The third kappa shape index (κ3) is 2.98. The van der Waals surface area contributed by atoms with E-state index in [1.54, 1.807) is 0 Å². The smallest absolute Gasteiger partial charge is 0.246 e. The van der Waals surface area contributed by atoms with Crippen LogP contribution in [0, 0.1) is 0 Å². The molecule has 0 aliphatic carbocycles. The van der Waals surface area contributed by atoms with Crippen LogP contribution in [0.15, 0.2) is 4.52 Å². The van der Waals surface area contributed by atoms with Crippen molar-refractivity contribution >= 4 is 0 Å². The molecule has 2 unspecified atom stereocenters. The van der Waals surface area contributed by atoms with Gasteiger partial charge in [-0.05, 0) is 52.0 Å². The van der Waals surface area contributed by atoms with E-state index in [9.17, 15) is 0 Å². The molecule has 0 spiro atoms. The molecule has 1 aromatic rings. The second kappa shape index (κ2) is 5.59. The van der Waals surface area contributed by atoms with Gasteiger partial charge in [-0.2, -0.15) is 4.98 Å². The summed E-state index contributed by atoms with van der Waals surface area (Å²) in [5, 5.41) is 7.63. The fourth-order valence-electron chi connectivity index (χ4n) is 2.97. The molecular formula is C14H23N3O2. The lowest BCUT2D eigenvalue weighted by Gasteiger charge is -2.31. The van der Waals surface area contributed by atoms with Crippen molar-refractivity contribution in [3.05, 3.63) is 11.7 Å². The minimum absolute atomic E-state index is 0.142. The fraction of sp³-hybridized carbons (Fsp3) is 0.857. The molecule has 2 atom stereocenters. The molecule has 0 bridgehead atoms. The van der Waals surface area contributed by atoms with E-state index in [1.807, 2.05) is 0 Å². The number of piperidine rings is 1. The molecule has 2 saturated heterocycles. The van der Waals surface area contributed by atoms with Crippen LogP contribution in [0.4, 0.5) is 0 Å². The zero-order chi connectivity index (χ0) is 13.1. The molecule has 3 rings (SSSR count). The van der Waals surface area contributed by atoms with Gasteiger partial charge in [0, 0.05) is 13.0 Å². The first kappa shape index (κ1) is 13.1. The quantitative estimate of drug-likeness (QED) is 0.907. The summed E-state index contributed by atoms with van der Waals surface area (Å²) in [4.78, 5) is 4.58. The molecule has 0 aromatic carbocycles. The molecule has 106 valence electrons. The van der Waals surface area contributed by atoms with Gasteiger partial charge in [0.15, 0.2) is 5.82 Å². The lowest BCUT2D eigenvalue weighted by atomic mass is 9.91. The Morgan fingerprint density at radius 2 is 2.26 bits per heavy atom. The van der Waals surface area contributed by atoms with E-state index in [0.29, 0.717) is 0 Å². The molecule has 0 radical (unpaired) electrons. The molecule has 5 heteroatoms. The van der Waals surface area contributed by atoms with Gasteiger partial charge in [-0.15, -0.1) is 0 Å². The van der Waals surface area contributed by atoms with Crippen LogP contribution >= 0.6 is 0 Å². The van der Waals surface area contributed by atoms with Gasteiger partial charge in [0.25, 0.3) is 0 Å². The van der Waals surface area contributed by atoms with Crippen molar-refractivity contribution in [3.63, 3.8) is 0 Å². The van der Waals surface area contributed by atoms with E-state index >= 15 is 0 Å². The second-order valence-corrected chi connectivity index (χ2v) is 5.92. The summed E-state index contributed by atoms with van der Waals surface area (Å²) in [5.74, 6) is 1.52. The Hall–Kier alpha value is -0.940. The Labute approximate surface area is 114 Å². The molecule has 2 aliphatic rings. The maximum atomic E-state index is 5.72. The van der Waals surface area contributed by atoms with Gasteiger partial charge in [-0.25, -0.2) is 0 Å². The summed E-state index contributed by atoms with van der Waals surface area (Å²) in [6.45, 7) is 4.05. The van der Waals surface area contributed by atoms with Crippen LogP contribution in [0.5, 0.6) is 0 Å². The fourth-order valence-corrected chi connectivity index (χ4v) is 2.97. The largest absolute Gasteiger partial charge is 0.378 e. The van der Waals surface area contributed by atoms with Crippen molar-refractivity contribution < 1.29 is 9.26 Å². The van der Waals surface area contributed by atoms with E-state index in [-0.39, 0.29) is 11.6 Å². The number of nitrogens with zero attached hydrogens (tertiary/aromatic N) is 2. The normalized spacial score (nSPS) is 32.4. The number of hydrogen-bond donors (Lipinski definition) is 1. The van der Waals surface area contributed by atoms with Gasteiger partial charge < -0.3 is 14.6 Å². The minimum atomic E-state index is -0.142. The average Bonchev–Trinajstić information content (AvgIpc) is 2.90. The molecule has 1 aromatic heterocycles. The van der Waals surface area contributed by atoms with Crippen molar-refractivity contribution in [1.29, 1.82) is 0 Å². The zero-order valence-electron chi connectivity index (χ0n) is 11.7. The van der Waals surface area contributed by atoms with Crippen LogP contribution in [-0.4, -0.2) is 29.4 Å². The molecule has 0 amide bonds. The van der Waals surface area contributed by atoms with Crippen LogP contribution in [0.25, 0.3) is 0 Å². The summed E-state index contributed by atoms with van der Waals surface area (Å²) in [7, 11) is 0. The van der Waals surface area contributed by atoms with Gasteiger partial charge in [-0.3, -0.25) is 0 Å². The Kier molecular flexibility index (Phi) is 3.84.